The molecule has 0 aliphatic heterocycles. The quantitative estimate of drug-likeness (QED) is 0.552. The molecule has 2 aromatic carbocycles. The maximum absolute atomic E-state index is 12.5. The highest BCUT2D eigenvalue weighted by molar-refractivity contribution is 7.26. The van der Waals surface area contributed by atoms with Crippen molar-refractivity contribution in [3.8, 4) is 9.88 Å². The molecule has 0 saturated carbocycles. The molecule has 128 valence electrons. The maximum Gasteiger partial charge on any atom is 0.265 e. The summed E-state index contributed by atoms with van der Waals surface area (Å²) >= 11 is 2.95. The summed E-state index contributed by atoms with van der Waals surface area (Å²) in [6.07, 6.45) is 0. The number of amides is 2. The van der Waals surface area contributed by atoms with E-state index >= 15 is 0 Å². The first kappa shape index (κ1) is 16.4. The Hall–Kier alpha value is -3.03. The Morgan fingerprint density at radius 2 is 1.69 bits per heavy atom. The predicted octanol–water partition coefficient (Wildman–Crippen LogP) is 4.38. The smallest absolute Gasteiger partial charge is 0.265 e. The lowest BCUT2D eigenvalue weighted by molar-refractivity contribution is 0.100. The number of thiophene rings is 1. The van der Waals surface area contributed by atoms with Gasteiger partial charge in [0.2, 0.25) is 0 Å². The zero-order valence-corrected chi connectivity index (χ0v) is 15.1. The van der Waals surface area contributed by atoms with E-state index in [4.69, 9.17) is 5.73 Å². The molecule has 5 nitrogen and oxygen atoms in total. The minimum atomic E-state index is -0.581. The number of aromatic nitrogens is 1. The highest BCUT2D eigenvalue weighted by atomic mass is 32.1. The summed E-state index contributed by atoms with van der Waals surface area (Å²) < 4.78 is 1.11. The Balaban J connectivity index is 1.60. The average Bonchev–Trinajstić information content (AvgIpc) is 3.28. The molecule has 2 amide bonds. The molecule has 0 spiro atoms. The standard InChI is InChI=1S/C19H13N3O2S2/c20-17(23)11-5-1-2-6-12(11)21-18(24)15-9-10-16(25-15)19-22-13-7-3-4-8-14(13)26-19/h1-10H,(H2,20,23)(H,21,24). The lowest BCUT2D eigenvalue weighted by Crippen LogP contribution is -2.17. The van der Waals surface area contributed by atoms with Gasteiger partial charge >= 0.3 is 0 Å². The molecule has 3 N–H and O–H groups in total. The van der Waals surface area contributed by atoms with E-state index in [9.17, 15) is 9.59 Å². The zero-order chi connectivity index (χ0) is 18.1. The highest BCUT2D eigenvalue weighted by Gasteiger charge is 2.15. The Kier molecular flexibility index (Phi) is 4.24. The van der Waals surface area contributed by atoms with Crippen molar-refractivity contribution in [1.82, 2.24) is 4.98 Å². The summed E-state index contributed by atoms with van der Waals surface area (Å²) in [5.41, 5.74) is 6.98. The molecule has 0 aliphatic rings. The summed E-state index contributed by atoms with van der Waals surface area (Å²) in [6.45, 7) is 0. The largest absolute Gasteiger partial charge is 0.366 e. The number of thiazole rings is 1. The first-order valence-corrected chi connectivity index (χ1v) is 9.41. The van der Waals surface area contributed by atoms with Gasteiger partial charge in [0, 0.05) is 0 Å². The van der Waals surface area contributed by atoms with Crippen LogP contribution in [-0.4, -0.2) is 16.8 Å². The number of nitrogens with one attached hydrogen (secondary N) is 1. The topological polar surface area (TPSA) is 85.1 Å². The minimum absolute atomic E-state index is 0.281. The summed E-state index contributed by atoms with van der Waals surface area (Å²) in [5, 5.41) is 3.64. The van der Waals surface area contributed by atoms with Crippen LogP contribution in [0.5, 0.6) is 0 Å². The van der Waals surface area contributed by atoms with Gasteiger partial charge in [-0.3, -0.25) is 9.59 Å². The average molecular weight is 379 g/mol. The number of rotatable bonds is 4. The number of carbonyl (C=O) groups excluding carboxylic acids is 2. The number of carbonyl (C=O) groups is 2. The fourth-order valence-corrected chi connectivity index (χ4v) is 4.46. The molecule has 2 aromatic heterocycles. The lowest BCUT2D eigenvalue weighted by atomic mass is 10.1. The molecular formula is C19H13N3O2S2. The van der Waals surface area contributed by atoms with E-state index in [2.05, 4.69) is 10.3 Å². The van der Waals surface area contributed by atoms with Crippen LogP contribution in [0.25, 0.3) is 20.1 Å². The van der Waals surface area contributed by atoms with Gasteiger partial charge in [-0.15, -0.1) is 22.7 Å². The summed E-state index contributed by atoms with van der Waals surface area (Å²) in [4.78, 5) is 30.1. The van der Waals surface area contributed by atoms with Gasteiger partial charge < -0.3 is 11.1 Å². The molecule has 4 rings (SSSR count). The van der Waals surface area contributed by atoms with E-state index in [-0.39, 0.29) is 11.5 Å². The van der Waals surface area contributed by atoms with E-state index in [0.717, 1.165) is 20.1 Å². The molecule has 0 saturated heterocycles. The second kappa shape index (κ2) is 6.70. The Morgan fingerprint density at radius 1 is 0.923 bits per heavy atom. The molecule has 7 heteroatoms. The molecule has 0 unspecified atom stereocenters. The van der Waals surface area contributed by atoms with Gasteiger partial charge in [-0.1, -0.05) is 24.3 Å². The van der Waals surface area contributed by atoms with Crippen LogP contribution in [0, 0.1) is 0 Å². The van der Waals surface area contributed by atoms with Crippen molar-refractivity contribution in [3.05, 3.63) is 71.1 Å². The highest BCUT2D eigenvalue weighted by Crippen LogP contribution is 2.34. The molecule has 0 aliphatic carbocycles. The molecule has 0 radical (unpaired) electrons. The Labute approximate surface area is 157 Å². The first-order valence-electron chi connectivity index (χ1n) is 7.78. The van der Waals surface area contributed by atoms with Crippen LogP contribution in [-0.2, 0) is 0 Å². The van der Waals surface area contributed by atoms with Crippen LogP contribution < -0.4 is 11.1 Å². The second-order valence-electron chi connectivity index (χ2n) is 5.51. The first-order chi connectivity index (χ1) is 12.6. The fraction of sp³-hybridized carbons (Fsp3) is 0. The van der Waals surface area contributed by atoms with Gasteiger partial charge in [-0.2, -0.15) is 0 Å². The number of nitrogens with zero attached hydrogens (tertiary/aromatic N) is 1. The van der Waals surface area contributed by atoms with Crippen LogP contribution in [0.2, 0.25) is 0 Å². The summed E-state index contributed by atoms with van der Waals surface area (Å²) in [6, 6.07) is 18.2. The Morgan fingerprint density at radius 3 is 2.50 bits per heavy atom. The van der Waals surface area contributed by atoms with Gasteiger partial charge in [0.15, 0.2) is 0 Å². The van der Waals surface area contributed by atoms with Crippen molar-refractivity contribution in [2.45, 2.75) is 0 Å². The van der Waals surface area contributed by atoms with E-state index in [0.29, 0.717) is 10.6 Å². The van der Waals surface area contributed by atoms with Crippen molar-refractivity contribution in [2.24, 2.45) is 5.73 Å². The van der Waals surface area contributed by atoms with Crippen LogP contribution in [0.15, 0.2) is 60.7 Å². The summed E-state index contributed by atoms with van der Waals surface area (Å²) in [7, 11) is 0. The molecule has 2 heterocycles. The zero-order valence-electron chi connectivity index (χ0n) is 13.4. The van der Waals surface area contributed by atoms with Crippen molar-refractivity contribution >= 4 is 50.4 Å². The molecule has 26 heavy (non-hydrogen) atoms. The normalized spacial score (nSPS) is 10.8. The predicted molar refractivity (Wildman–Crippen MR) is 106 cm³/mol. The van der Waals surface area contributed by atoms with Gasteiger partial charge in [-0.05, 0) is 36.4 Å². The number of benzene rings is 2. The van der Waals surface area contributed by atoms with E-state index < -0.39 is 5.91 Å². The molecule has 0 fully saturated rings. The number of para-hydroxylation sites is 2. The van der Waals surface area contributed by atoms with Gasteiger partial charge in [0.05, 0.1) is 31.2 Å². The van der Waals surface area contributed by atoms with E-state index in [1.165, 1.54) is 11.3 Å². The molecule has 0 atom stereocenters. The fourth-order valence-electron chi connectivity index (χ4n) is 2.54. The SMILES string of the molecule is NC(=O)c1ccccc1NC(=O)c1ccc(-c2nc3ccccc3s2)s1. The number of fused-ring (bicyclic) bond motifs is 1. The van der Waals surface area contributed by atoms with Gasteiger partial charge in [0.25, 0.3) is 11.8 Å². The van der Waals surface area contributed by atoms with Gasteiger partial charge in [-0.25, -0.2) is 4.98 Å². The third-order valence-corrected chi connectivity index (χ3v) is 6.06. The lowest BCUT2D eigenvalue weighted by Gasteiger charge is -2.07. The van der Waals surface area contributed by atoms with Crippen LogP contribution >= 0.6 is 22.7 Å². The molecule has 0 bridgehead atoms. The van der Waals surface area contributed by atoms with E-state index in [1.54, 1.807) is 41.7 Å². The number of primary amides is 1. The number of nitrogens with two attached hydrogens (primary N) is 1. The number of anilines is 1. The molecular weight excluding hydrogens is 366 g/mol. The minimum Gasteiger partial charge on any atom is -0.366 e. The summed E-state index contributed by atoms with van der Waals surface area (Å²) in [5.74, 6) is -0.863. The van der Waals surface area contributed by atoms with Crippen molar-refractivity contribution in [2.75, 3.05) is 5.32 Å². The Bertz CT molecular complexity index is 1100. The second-order valence-corrected chi connectivity index (χ2v) is 7.63. The van der Waals surface area contributed by atoms with E-state index in [1.807, 2.05) is 30.3 Å². The monoisotopic (exact) mass is 379 g/mol. The van der Waals surface area contributed by atoms with Crippen LogP contribution in [0.4, 0.5) is 5.69 Å². The number of hydrogen-bond donors (Lipinski definition) is 2. The molecule has 4 aromatic rings. The maximum atomic E-state index is 12.5. The number of hydrogen-bond acceptors (Lipinski definition) is 5. The third-order valence-electron chi connectivity index (χ3n) is 3.78. The van der Waals surface area contributed by atoms with Gasteiger partial charge in [0.1, 0.15) is 5.01 Å². The van der Waals surface area contributed by atoms with Crippen molar-refractivity contribution in [1.29, 1.82) is 0 Å². The van der Waals surface area contributed by atoms with Crippen LogP contribution in [0.3, 0.4) is 0 Å². The third kappa shape index (κ3) is 3.10. The van der Waals surface area contributed by atoms with Crippen molar-refractivity contribution in [3.63, 3.8) is 0 Å². The van der Waals surface area contributed by atoms with Crippen LogP contribution in [0.1, 0.15) is 20.0 Å². The van der Waals surface area contributed by atoms with Crippen molar-refractivity contribution < 1.29 is 9.59 Å².